The monoisotopic (exact) mass is 254 g/mol. The number of urea groups is 1. The summed E-state index contributed by atoms with van der Waals surface area (Å²) in [6, 6.07) is -1.12. The van der Waals surface area contributed by atoms with Crippen LogP contribution < -0.4 is 10.6 Å². The average Bonchev–Trinajstić information content (AvgIpc) is 3.15. The number of aliphatic carboxylic acids is 1. The molecule has 2 amide bonds. The maximum atomic E-state index is 11.7. The number of carbonyl (C=O) groups is 2. The van der Waals surface area contributed by atoms with E-state index in [1.165, 1.54) is 25.7 Å². The Bertz CT molecular complexity index is 335. The van der Waals surface area contributed by atoms with E-state index in [-0.39, 0.29) is 6.03 Å². The van der Waals surface area contributed by atoms with Crippen molar-refractivity contribution in [3.63, 3.8) is 0 Å². The lowest BCUT2D eigenvalue weighted by molar-refractivity contribution is -0.139. The normalized spacial score (nSPS) is 22.1. The molecule has 2 rings (SSSR count). The zero-order chi connectivity index (χ0) is 13.2. The lowest BCUT2D eigenvalue weighted by Gasteiger charge is -2.18. The van der Waals surface area contributed by atoms with Crippen molar-refractivity contribution in [2.75, 3.05) is 6.54 Å². The third-order valence-electron chi connectivity index (χ3n) is 4.12. The topological polar surface area (TPSA) is 78.4 Å². The summed E-state index contributed by atoms with van der Waals surface area (Å²) < 4.78 is 0. The largest absolute Gasteiger partial charge is 0.480 e. The quantitative estimate of drug-likeness (QED) is 0.647. The molecule has 0 aliphatic heterocycles. The number of nitrogens with one attached hydrogen (secondary N) is 2. The highest BCUT2D eigenvalue weighted by atomic mass is 16.4. The summed E-state index contributed by atoms with van der Waals surface area (Å²) in [5.41, 5.74) is 0.348. The number of carboxylic acid groups (broad SMARTS) is 1. The van der Waals surface area contributed by atoms with E-state index >= 15 is 0 Å². The summed E-state index contributed by atoms with van der Waals surface area (Å²) in [4.78, 5) is 22.6. The van der Waals surface area contributed by atoms with Gasteiger partial charge in [-0.3, -0.25) is 0 Å². The van der Waals surface area contributed by atoms with E-state index in [0.29, 0.717) is 18.4 Å². The summed E-state index contributed by atoms with van der Waals surface area (Å²) in [5, 5.41) is 14.3. The van der Waals surface area contributed by atoms with Gasteiger partial charge in [0, 0.05) is 6.54 Å². The van der Waals surface area contributed by atoms with Gasteiger partial charge in [-0.1, -0.05) is 13.3 Å². The SMILES string of the molecule is CCC[C@H](NC(=O)NCC1(C2CC2)CC1)C(=O)O. The molecule has 0 bridgehead atoms. The molecule has 1 atom stereocenters. The summed E-state index contributed by atoms with van der Waals surface area (Å²) in [6.07, 6.45) is 6.19. The van der Waals surface area contributed by atoms with Crippen molar-refractivity contribution in [1.29, 1.82) is 0 Å². The number of carbonyl (C=O) groups excluding carboxylic acids is 1. The van der Waals surface area contributed by atoms with Gasteiger partial charge >= 0.3 is 12.0 Å². The molecule has 18 heavy (non-hydrogen) atoms. The molecule has 0 aromatic rings. The van der Waals surface area contributed by atoms with Crippen LogP contribution in [0, 0.1) is 11.3 Å². The van der Waals surface area contributed by atoms with Crippen molar-refractivity contribution in [1.82, 2.24) is 10.6 Å². The van der Waals surface area contributed by atoms with E-state index in [9.17, 15) is 9.59 Å². The lowest BCUT2D eigenvalue weighted by atomic mass is 10.0. The van der Waals surface area contributed by atoms with Crippen molar-refractivity contribution >= 4 is 12.0 Å². The molecule has 102 valence electrons. The molecule has 2 saturated carbocycles. The molecule has 2 aliphatic rings. The van der Waals surface area contributed by atoms with E-state index in [2.05, 4.69) is 10.6 Å². The Kier molecular flexibility index (Phi) is 3.78. The van der Waals surface area contributed by atoms with Gasteiger partial charge in [0.25, 0.3) is 0 Å². The average molecular weight is 254 g/mol. The highest BCUT2D eigenvalue weighted by Gasteiger charge is 2.53. The van der Waals surface area contributed by atoms with Crippen LogP contribution in [0.25, 0.3) is 0 Å². The van der Waals surface area contributed by atoms with E-state index in [4.69, 9.17) is 5.11 Å². The van der Waals surface area contributed by atoms with Gasteiger partial charge in [0.05, 0.1) is 0 Å². The number of rotatable bonds is 7. The zero-order valence-electron chi connectivity index (χ0n) is 10.9. The molecule has 0 spiro atoms. The van der Waals surface area contributed by atoms with Crippen molar-refractivity contribution in [3.05, 3.63) is 0 Å². The summed E-state index contributed by atoms with van der Waals surface area (Å²) in [6.45, 7) is 2.60. The summed E-state index contributed by atoms with van der Waals surface area (Å²) >= 11 is 0. The first-order chi connectivity index (χ1) is 8.57. The standard InChI is InChI=1S/C13H22N2O3/c1-2-3-10(11(16)17)15-12(18)14-8-13(6-7-13)9-4-5-9/h9-10H,2-8H2,1H3,(H,16,17)(H2,14,15,18)/t10-/m0/s1. The third kappa shape index (κ3) is 3.15. The molecule has 5 heteroatoms. The Morgan fingerprint density at radius 3 is 2.50 bits per heavy atom. The fourth-order valence-electron chi connectivity index (χ4n) is 2.60. The van der Waals surface area contributed by atoms with Gasteiger partial charge in [0.1, 0.15) is 6.04 Å². The first-order valence-electron chi connectivity index (χ1n) is 6.84. The molecule has 0 aromatic heterocycles. The predicted octanol–water partition coefficient (Wildman–Crippen LogP) is 1.73. The van der Waals surface area contributed by atoms with E-state index < -0.39 is 12.0 Å². The molecule has 2 fully saturated rings. The minimum Gasteiger partial charge on any atom is -0.480 e. The van der Waals surface area contributed by atoms with Gasteiger partial charge in [0.2, 0.25) is 0 Å². The molecule has 3 N–H and O–H groups in total. The highest BCUT2D eigenvalue weighted by molar-refractivity contribution is 5.82. The fourth-order valence-corrected chi connectivity index (χ4v) is 2.60. The first kappa shape index (κ1) is 13.2. The van der Waals surface area contributed by atoms with Gasteiger partial charge in [-0.25, -0.2) is 9.59 Å². The first-order valence-corrected chi connectivity index (χ1v) is 6.84. The molecule has 0 saturated heterocycles. The molecule has 5 nitrogen and oxygen atoms in total. The minimum atomic E-state index is -0.963. The van der Waals surface area contributed by atoms with Gasteiger partial charge in [-0.05, 0) is 43.4 Å². The molecular formula is C13H22N2O3. The number of hydrogen-bond donors (Lipinski definition) is 3. The van der Waals surface area contributed by atoms with Crippen LogP contribution in [-0.4, -0.2) is 29.7 Å². The third-order valence-corrected chi connectivity index (χ3v) is 4.12. The Morgan fingerprint density at radius 1 is 1.39 bits per heavy atom. The van der Waals surface area contributed by atoms with E-state index in [0.717, 1.165) is 12.3 Å². The van der Waals surface area contributed by atoms with Gasteiger partial charge in [-0.15, -0.1) is 0 Å². The maximum absolute atomic E-state index is 11.7. The molecule has 0 heterocycles. The number of hydrogen-bond acceptors (Lipinski definition) is 2. The molecule has 2 aliphatic carbocycles. The van der Waals surface area contributed by atoms with Crippen LogP contribution in [0.4, 0.5) is 4.79 Å². The van der Waals surface area contributed by atoms with Gasteiger partial charge < -0.3 is 15.7 Å². The van der Waals surface area contributed by atoms with Crippen LogP contribution in [-0.2, 0) is 4.79 Å². The second kappa shape index (κ2) is 5.16. The van der Waals surface area contributed by atoms with Crippen molar-refractivity contribution in [3.8, 4) is 0 Å². The highest BCUT2D eigenvalue weighted by Crippen LogP contribution is 2.60. The predicted molar refractivity (Wildman–Crippen MR) is 67.3 cm³/mol. The summed E-state index contributed by atoms with van der Waals surface area (Å²) in [7, 11) is 0. The number of carboxylic acids is 1. The smallest absolute Gasteiger partial charge is 0.326 e. The molecule has 0 aromatic carbocycles. The van der Waals surface area contributed by atoms with E-state index in [1.54, 1.807) is 0 Å². The van der Waals surface area contributed by atoms with E-state index in [1.807, 2.05) is 6.92 Å². The van der Waals surface area contributed by atoms with Crippen LogP contribution in [0.5, 0.6) is 0 Å². The van der Waals surface area contributed by atoms with Crippen LogP contribution in [0.2, 0.25) is 0 Å². The Morgan fingerprint density at radius 2 is 2.06 bits per heavy atom. The maximum Gasteiger partial charge on any atom is 0.326 e. The van der Waals surface area contributed by atoms with Crippen molar-refractivity contribution in [2.24, 2.45) is 11.3 Å². The van der Waals surface area contributed by atoms with Crippen molar-refractivity contribution in [2.45, 2.75) is 51.5 Å². The molecule has 0 unspecified atom stereocenters. The Hall–Kier alpha value is -1.26. The zero-order valence-corrected chi connectivity index (χ0v) is 10.9. The van der Waals surface area contributed by atoms with Crippen LogP contribution in [0.15, 0.2) is 0 Å². The summed E-state index contributed by atoms with van der Waals surface area (Å²) in [5.74, 6) is -0.168. The number of amides is 2. The Balaban J connectivity index is 1.72. The van der Waals surface area contributed by atoms with Crippen LogP contribution in [0.3, 0.4) is 0 Å². The minimum absolute atomic E-state index is 0.345. The second-order valence-corrected chi connectivity index (χ2v) is 5.64. The van der Waals surface area contributed by atoms with Gasteiger partial charge in [0.15, 0.2) is 0 Å². The second-order valence-electron chi connectivity index (χ2n) is 5.64. The Labute approximate surface area is 107 Å². The van der Waals surface area contributed by atoms with Crippen LogP contribution >= 0.6 is 0 Å². The molecule has 0 radical (unpaired) electrons. The van der Waals surface area contributed by atoms with Crippen molar-refractivity contribution < 1.29 is 14.7 Å². The van der Waals surface area contributed by atoms with Gasteiger partial charge in [-0.2, -0.15) is 0 Å². The lowest BCUT2D eigenvalue weighted by Crippen LogP contribution is -2.47. The fraction of sp³-hybridized carbons (Fsp3) is 0.846. The molecular weight excluding hydrogens is 232 g/mol. The van der Waals surface area contributed by atoms with Crippen LogP contribution in [0.1, 0.15) is 45.4 Å².